The van der Waals surface area contributed by atoms with Crippen molar-refractivity contribution in [3.05, 3.63) is 118 Å². The Morgan fingerprint density at radius 1 is 0.971 bits per heavy atom. The number of hydrogen-bond acceptors (Lipinski definition) is 5. The second kappa shape index (κ2) is 8.70. The number of imidazole rings is 1. The summed E-state index contributed by atoms with van der Waals surface area (Å²) in [5.41, 5.74) is 5.05. The molecule has 0 aliphatic carbocycles. The first-order valence-corrected chi connectivity index (χ1v) is 11.9. The van der Waals surface area contributed by atoms with Gasteiger partial charge in [-0.25, -0.2) is 14.1 Å². The molecule has 170 valence electrons. The number of benzene rings is 3. The van der Waals surface area contributed by atoms with Crippen LogP contribution in [0.25, 0.3) is 39.0 Å². The standard InChI is InChI=1S/C28H20N4O2S/c1-2-16-34-22-14-12-19(13-15-22)26-20(18-31(30-26)21-8-4-3-5-9-21)17-25-27(33)32-24-11-7-6-10-23(24)29-28(32)35-25/h2-15,17-18H,1,16H2/b25-17-. The number of thiazole rings is 1. The molecule has 6 aromatic rings. The van der Waals surface area contributed by atoms with Crippen LogP contribution in [0.2, 0.25) is 0 Å². The fourth-order valence-electron chi connectivity index (χ4n) is 4.05. The van der Waals surface area contributed by atoms with Crippen molar-refractivity contribution in [1.82, 2.24) is 19.2 Å². The molecule has 0 N–H and O–H groups in total. The van der Waals surface area contributed by atoms with Crippen LogP contribution in [0.4, 0.5) is 0 Å². The Morgan fingerprint density at radius 2 is 1.74 bits per heavy atom. The fourth-order valence-corrected chi connectivity index (χ4v) is 5.03. The summed E-state index contributed by atoms with van der Waals surface area (Å²) in [6, 6.07) is 25.4. The molecule has 0 aliphatic rings. The number of ether oxygens (including phenoxy) is 1. The summed E-state index contributed by atoms with van der Waals surface area (Å²) in [6.45, 7) is 4.13. The molecule has 35 heavy (non-hydrogen) atoms. The highest BCUT2D eigenvalue weighted by molar-refractivity contribution is 7.15. The quantitative estimate of drug-likeness (QED) is 0.322. The van der Waals surface area contributed by atoms with Gasteiger partial charge < -0.3 is 4.74 Å². The molecule has 0 radical (unpaired) electrons. The van der Waals surface area contributed by atoms with Crippen LogP contribution in [0.5, 0.6) is 5.75 Å². The molecule has 3 aromatic heterocycles. The SMILES string of the molecule is C=CCOc1ccc(-c2nn(-c3ccccc3)cc2/C=c2\sc3nc4ccccc4n3c2=O)cc1. The third-order valence-electron chi connectivity index (χ3n) is 5.69. The molecule has 3 aromatic carbocycles. The van der Waals surface area contributed by atoms with Crippen molar-refractivity contribution < 1.29 is 4.74 Å². The number of hydrogen-bond donors (Lipinski definition) is 0. The highest BCUT2D eigenvalue weighted by atomic mass is 32.1. The predicted molar refractivity (Wildman–Crippen MR) is 140 cm³/mol. The molecule has 0 bridgehead atoms. The number of rotatable bonds is 6. The fraction of sp³-hybridized carbons (Fsp3) is 0.0357. The third-order valence-corrected chi connectivity index (χ3v) is 6.66. The van der Waals surface area contributed by atoms with Gasteiger partial charge in [-0.05, 0) is 54.6 Å². The first-order valence-electron chi connectivity index (χ1n) is 11.1. The largest absolute Gasteiger partial charge is 0.490 e. The molecular weight excluding hydrogens is 456 g/mol. The van der Waals surface area contributed by atoms with E-state index in [1.165, 1.54) is 11.3 Å². The Balaban J connectivity index is 1.51. The Bertz CT molecular complexity index is 1780. The zero-order valence-electron chi connectivity index (χ0n) is 18.7. The van der Waals surface area contributed by atoms with Crippen molar-refractivity contribution >= 4 is 33.4 Å². The summed E-state index contributed by atoms with van der Waals surface area (Å²) in [6.07, 6.45) is 5.57. The number of aromatic nitrogens is 4. The normalized spacial score (nSPS) is 11.9. The summed E-state index contributed by atoms with van der Waals surface area (Å²) in [5, 5.41) is 4.87. The van der Waals surface area contributed by atoms with Crippen molar-refractivity contribution in [3.63, 3.8) is 0 Å². The molecule has 0 fully saturated rings. The van der Waals surface area contributed by atoms with Crippen LogP contribution in [0.1, 0.15) is 5.56 Å². The molecule has 0 unspecified atom stereocenters. The van der Waals surface area contributed by atoms with Gasteiger partial charge in [-0.15, -0.1) is 0 Å². The maximum Gasteiger partial charge on any atom is 0.274 e. The van der Waals surface area contributed by atoms with Crippen LogP contribution < -0.4 is 14.8 Å². The molecule has 0 atom stereocenters. The number of para-hydroxylation sites is 3. The van der Waals surface area contributed by atoms with E-state index in [4.69, 9.17) is 9.84 Å². The average molecular weight is 477 g/mol. The number of fused-ring (bicyclic) bond motifs is 3. The van der Waals surface area contributed by atoms with Gasteiger partial charge in [0, 0.05) is 17.3 Å². The predicted octanol–water partition coefficient (Wildman–Crippen LogP) is 4.87. The van der Waals surface area contributed by atoms with Gasteiger partial charge in [0.25, 0.3) is 5.56 Å². The van der Waals surface area contributed by atoms with Crippen LogP contribution in [0.3, 0.4) is 0 Å². The molecule has 6 nitrogen and oxygen atoms in total. The van der Waals surface area contributed by atoms with Crippen molar-refractivity contribution in [2.75, 3.05) is 6.61 Å². The first kappa shape index (κ1) is 21.1. The Morgan fingerprint density at radius 3 is 2.54 bits per heavy atom. The minimum atomic E-state index is -0.0784. The van der Waals surface area contributed by atoms with E-state index in [9.17, 15) is 4.79 Å². The van der Waals surface area contributed by atoms with Gasteiger partial charge in [-0.1, -0.05) is 54.3 Å². The number of nitrogens with zero attached hydrogens (tertiary/aromatic N) is 4. The van der Waals surface area contributed by atoms with Gasteiger partial charge in [0.1, 0.15) is 18.1 Å². The van der Waals surface area contributed by atoms with Gasteiger partial charge in [0.2, 0.25) is 0 Å². The lowest BCUT2D eigenvalue weighted by atomic mass is 10.1. The topological polar surface area (TPSA) is 61.4 Å². The second-order valence-electron chi connectivity index (χ2n) is 7.97. The van der Waals surface area contributed by atoms with Crippen molar-refractivity contribution in [2.24, 2.45) is 0 Å². The summed E-state index contributed by atoms with van der Waals surface area (Å²) in [4.78, 5) is 18.6. The second-order valence-corrected chi connectivity index (χ2v) is 8.98. The molecule has 0 amide bonds. The summed E-state index contributed by atoms with van der Waals surface area (Å²) >= 11 is 1.38. The molecule has 0 saturated heterocycles. The van der Waals surface area contributed by atoms with Crippen LogP contribution in [0, 0.1) is 0 Å². The third kappa shape index (κ3) is 3.82. The van der Waals surface area contributed by atoms with Crippen molar-refractivity contribution in [2.45, 2.75) is 0 Å². The van der Waals surface area contributed by atoms with Crippen LogP contribution in [-0.4, -0.2) is 25.8 Å². The van der Waals surface area contributed by atoms with Crippen LogP contribution in [0.15, 0.2) is 103 Å². The van der Waals surface area contributed by atoms with E-state index >= 15 is 0 Å². The zero-order valence-corrected chi connectivity index (χ0v) is 19.5. The van der Waals surface area contributed by atoms with Gasteiger partial charge in [-0.3, -0.25) is 4.79 Å². The first-order chi connectivity index (χ1) is 17.2. The summed E-state index contributed by atoms with van der Waals surface area (Å²) < 4.78 is 9.75. The van der Waals surface area contributed by atoms with E-state index < -0.39 is 0 Å². The molecule has 0 saturated carbocycles. The average Bonchev–Trinajstić information content (AvgIpc) is 3.57. The van der Waals surface area contributed by atoms with E-state index in [2.05, 4.69) is 11.6 Å². The molecule has 6 rings (SSSR count). The highest BCUT2D eigenvalue weighted by Gasteiger charge is 2.14. The molecule has 0 spiro atoms. The Kier molecular flexibility index (Phi) is 5.24. The molecular formula is C28H20N4O2S. The summed E-state index contributed by atoms with van der Waals surface area (Å²) in [5.74, 6) is 0.759. The van der Waals surface area contributed by atoms with Gasteiger partial charge in [-0.2, -0.15) is 5.10 Å². The minimum Gasteiger partial charge on any atom is -0.490 e. The maximum atomic E-state index is 13.3. The van der Waals surface area contributed by atoms with Gasteiger partial charge in [0.05, 0.1) is 21.3 Å². The Labute approximate surface area is 204 Å². The molecule has 3 heterocycles. The van der Waals surface area contributed by atoms with E-state index in [0.29, 0.717) is 16.1 Å². The zero-order chi connectivity index (χ0) is 23.8. The lowest BCUT2D eigenvalue weighted by Crippen LogP contribution is -2.22. The molecule has 0 aliphatic heterocycles. The van der Waals surface area contributed by atoms with Crippen molar-refractivity contribution in [3.8, 4) is 22.7 Å². The van der Waals surface area contributed by atoms with E-state index in [1.54, 1.807) is 10.5 Å². The van der Waals surface area contributed by atoms with Gasteiger partial charge in [0.15, 0.2) is 4.96 Å². The lowest BCUT2D eigenvalue weighted by Gasteiger charge is -2.04. The Hall–Kier alpha value is -4.49. The van der Waals surface area contributed by atoms with Crippen LogP contribution in [-0.2, 0) is 0 Å². The lowest BCUT2D eigenvalue weighted by molar-refractivity contribution is 0.363. The van der Waals surface area contributed by atoms with Gasteiger partial charge >= 0.3 is 0 Å². The molecule has 7 heteroatoms. The smallest absolute Gasteiger partial charge is 0.274 e. The van der Waals surface area contributed by atoms with E-state index in [-0.39, 0.29) is 5.56 Å². The van der Waals surface area contributed by atoms with E-state index in [1.807, 2.05) is 95.8 Å². The van der Waals surface area contributed by atoms with Crippen LogP contribution >= 0.6 is 11.3 Å². The monoisotopic (exact) mass is 476 g/mol. The van der Waals surface area contributed by atoms with E-state index in [0.717, 1.165) is 39.3 Å². The highest BCUT2D eigenvalue weighted by Crippen LogP contribution is 2.27. The van der Waals surface area contributed by atoms with Crippen molar-refractivity contribution in [1.29, 1.82) is 0 Å². The minimum absolute atomic E-state index is 0.0784. The maximum absolute atomic E-state index is 13.3. The summed E-state index contributed by atoms with van der Waals surface area (Å²) in [7, 11) is 0.